The number of urea groups is 1. The lowest BCUT2D eigenvalue weighted by Gasteiger charge is -2.20. The third-order valence-electron chi connectivity index (χ3n) is 5.10. The van der Waals surface area contributed by atoms with Crippen molar-refractivity contribution in [2.45, 2.75) is 32.6 Å². The van der Waals surface area contributed by atoms with Gasteiger partial charge in [-0.05, 0) is 30.2 Å². The molecule has 146 valence electrons. The lowest BCUT2D eigenvalue weighted by molar-refractivity contribution is 0.217. The van der Waals surface area contributed by atoms with Crippen LogP contribution in [0.5, 0.6) is 0 Å². The van der Waals surface area contributed by atoms with Crippen molar-refractivity contribution >= 4 is 16.9 Å². The third-order valence-corrected chi connectivity index (χ3v) is 5.10. The molecule has 7 nitrogen and oxygen atoms in total. The van der Waals surface area contributed by atoms with E-state index >= 15 is 0 Å². The number of benzene rings is 1. The van der Waals surface area contributed by atoms with Crippen LogP contribution in [-0.2, 0) is 26.2 Å². The normalized spacial score (nSPS) is 14.5. The molecule has 1 aliphatic rings. The van der Waals surface area contributed by atoms with Gasteiger partial charge in [-0.1, -0.05) is 18.2 Å². The highest BCUT2D eigenvalue weighted by Gasteiger charge is 2.18. The summed E-state index contributed by atoms with van der Waals surface area (Å²) >= 11 is 0. The van der Waals surface area contributed by atoms with E-state index < -0.39 is 0 Å². The third kappa shape index (κ3) is 3.99. The van der Waals surface area contributed by atoms with Crippen LogP contribution in [0.3, 0.4) is 0 Å². The second-order valence-electron chi connectivity index (χ2n) is 7.45. The molecule has 0 fully saturated rings. The number of carbonyl (C=O) groups excluding carboxylic acids is 1. The zero-order chi connectivity index (χ0) is 19.5. The Labute approximate surface area is 165 Å². The highest BCUT2D eigenvalue weighted by molar-refractivity contribution is 5.81. The second kappa shape index (κ2) is 7.98. The number of nitrogens with zero attached hydrogens (tertiary/aromatic N) is 5. The molecule has 3 aromatic rings. The predicted molar refractivity (Wildman–Crippen MR) is 109 cm³/mol. The molecule has 0 saturated heterocycles. The maximum Gasteiger partial charge on any atom is 0.317 e. The van der Waals surface area contributed by atoms with E-state index in [1.165, 1.54) is 21.5 Å². The van der Waals surface area contributed by atoms with Crippen LogP contribution in [0.4, 0.5) is 4.79 Å². The van der Waals surface area contributed by atoms with Gasteiger partial charge >= 0.3 is 6.03 Å². The standard InChI is InChI=1S/C21H26N6O/c1-25(2)21(28)23-13-17-12-18-15-26(10-5-11-27(18)24-17)14-16-6-3-8-20-19(16)7-4-9-22-20/h3-4,6-9,12H,5,10-11,13-15H2,1-2H3,(H,23,28). The van der Waals surface area contributed by atoms with Gasteiger partial charge in [0.2, 0.25) is 0 Å². The van der Waals surface area contributed by atoms with Crippen molar-refractivity contribution in [2.24, 2.45) is 0 Å². The van der Waals surface area contributed by atoms with E-state index in [9.17, 15) is 4.79 Å². The Morgan fingerprint density at radius 3 is 2.96 bits per heavy atom. The second-order valence-corrected chi connectivity index (χ2v) is 7.45. The van der Waals surface area contributed by atoms with Gasteiger partial charge in [0.15, 0.2) is 0 Å². The van der Waals surface area contributed by atoms with E-state index in [4.69, 9.17) is 0 Å². The number of carbonyl (C=O) groups is 1. The van der Waals surface area contributed by atoms with Gasteiger partial charge in [0.1, 0.15) is 0 Å². The Bertz CT molecular complexity index is 975. The van der Waals surface area contributed by atoms with Crippen LogP contribution < -0.4 is 5.32 Å². The van der Waals surface area contributed by atoms with Crippen LogP contribution in [0, 0.1) is 0 Å². The number of nitrogens with one attached hydrogen (secondary N) is 1. The molecule has 0 atom stereocenters. The highest BCUT2D eigenvalue weighted by atomic mass is 16.2. The predicted octanol–water partition coefficient (Wildman–Crippen LogP) is 2.61. The molecule has 0 radical (unpaired) electrons. The largest absolute Gasteiger partial charge is 0.332 e. The van der Waals surface area contributed by atoms with Gasteiger partial charge in [-0.3, -0.25) is 14.6 Å². The van der Waals surface area contributed by atoms with E-state index in [-0.39, 0.29) is 6.03 Å². The minimum atomic E-state index is -0.102. The van der Waals surface area contributed by atoms with E-state index in [0.29, 0.717) is 6.54 Å². The summed E-state index contributed by atoms with van der Waals surface area (Å²) < 4.78 is 2.09. The lowest BCUT2D eigenvalue weighted by Crippen LogP contribution is -2.34. The van der Waals surface area contributed by atoms with E-state index in [2.05, 4.69) is 55.3 Å². The Morgan fingerprint density at radius 1 is 1.21 bits per heavy atom. The summed E-state index contributed by atoms with van der Waals surface area (Å²) in [7, 11) is 3.47. The zero-order valence-electron chi connectivity index (χ0n) is 16.4. The molecule has 0 bridgehead atoms. The van der Waals surface area contributed by atoms with Gasteiger partial charge in [-0.25, -0.2) is 4.79 Å². The van der Waals surface area contributed by atoms with Gasteiger partial charge in [0.25, 0.3) is 0 Å². The number of hydrogen-bond donors (Lipinski definition) is 1. The Kier molecular flexibility index (Phi) is 5.25. The van der Waals surface area contributed by atoms with Gasteiger partial charge in [-0.2, -0.15) is 5.10 Å². The van der Waals surface area contributed by atoms with Crippen molar-refractivity contribution in [2.75, 3.05) is 20.6 Å². The average Bonchev–Trinajstić information content (AvgIpc) is 2.98. The minimum Gasteiger partial charge on any atom is -0.332 e. The van der Waals surface area contributed by atoms with Crippen molar-refractivity contribution in [1.29, 1.82) is 0 Å². The maximum absolute atomic E-state index is 11.7. The Morgan fingerprint density at radius 2 is 2.11 bits per heavy atom. The first-order valence-corrected chi connectivity index (χ1v) is 9.66. The highest BCUT2D eigenvalue weighted by Crippen LogP contribution is 2.21. The zero-order valence-corrected chi connectivity index (χ0v) is 16.4. The summed E-state index contributed by atoms with van der Waals surface area (Å²) in [6.45, 7) is 4.13. The molecule has 0 unspecified atom stereocenters. The van der Waals surface area contributed by atoms with Crippen molar-refractivity contribution < 1.29 is 4.79 Å². The molecule has 1 N–H and O–H groups in total. The molecule has 0 saturated carbocycles. The van der Waals surface area contributed by atoms with E-state index in [1.54, 1.807) is 14.1 Å². The van der Waals surface area contributed by atoms with Gasteiger partial charge < -0.3 is 10.2 Å². The molecule has 2 aromatic heterocycles. The van der Waals surface area contributed by atoms with Crippen LogP contribution >= 0.6 is 0 Å². The molecule has 0 aliphatic carbocycles. The Hall–Kier alpha value is -2.93. The van der Waals surface area contributed by atoms with Crippen LogP contribution in [0.1, 0.15) is 23.4 Å². The first kappa shape index (κ1) is 18.4. The summed E-state index contributed by atoms with van der Waals surface area (Å²) in [5, 5.41) is 8.78. The summed E-state index contributed by atoms with van der Waals surface area (Å²) in [6, 6.07) is 12.5. The van der Waals surface area contributed by atoms with Gasteiger partial charge in [0.05, 0.1) is 23.4 Å². The number of aromatic nitrogens is 3. The van der Waals surface area contributed by atoms with Gasteiger partial charge in [-0.15, -0.1) is 0 Å². The maximum atomic E-state index is 11.7. The summed E-state index contributed by atoms with van der Waals surface area (Å²) in [5.41, 5.74) is 4.45. The first-order valence-electron chi connectivity index (χ1n) is 9.66. The molecule has 28 heavy (non-hydrogen) atoms. The van der Waals surface area contributed by atoms with Crippen LogP contribution in [0.2, 0.25) is 0 Å². The summed E-state index contributed by atoms with van der Waals surface area (Å²) in [5.74, 6) is 0. The molecule has 1 aromatic carbocycles. The van der Waals surface area contributed by atoms with Crippen LogP contribution in [0.25, 0.3) is 10.9 Å². The van der Waals surface area contributed by atoms with Crippen molar-refractivity contribution in [3.05, 3.63) is 59.5 Å². The molecule has 2 amide bonds. The number of fused-ring (bicyclic) bond motifs is 2. The molecule has 3 heterocycles. The Balaban J connectivity index is 1.48. The monoisotopic (exact) mass is 378 g/mol. The van der Waals surface area contributed by atoms with E-state index in [1.807, 2.05) is 12.3 Å². The number of hydrogen-bond acceptors (Lipinski definition) is 4. The van der Waals surface area contributed by atoms with Crippen molar-refractivity contribution in [3.63, 3.8) is 0 Å². The quantitative estimate of drug-likeness (QED) is 0.758. The summed E-state index contributed by atoms with van der Waals surface area (Å²) in [4.78, 5) is 20.2. The first-order chi connectivity index (χ1) is 13.6. The molecular weight excluding hydrogens is 352 g/mol. The fourth-order valence-corrected chi connectivity index (χ4v) is 3.68. The SMILES string of the molecule is CN(C)C(=O)NCc1cc2n(n1)CCCN(Cc1cccc3ncccc13)C2. The van der Waals surface area contributed by atoms with Crippen LogP contribution in [0.15, 0.2) is 42.6 Å². The smallest absolute Gasteiger partial charge is 0.317 e. The molecule has 0 spiro atoms. The topological polar surface area (TPSA) is 66.3 Å². The van der Waals surface area contributed by atoms with Crippen molar-refractivity contribution in [1.82, 2.24) is 29.9 Å². The molecular formula is C21H26N6O. The molecule has 7 heteroatoms. The number of pyridine rings is 1. The fraction of sp³-hybridized carbons (Fsp3) is 0.381. The minimum absolute atomic E-state index is 0.102. The van der Waals surface area contributed by atoms with Crippen LogP contribution in [-0.4, -0.2) is 51.2 Å². The number of aryl methyl sites for hydroxylation is 1. The lowest BCUT2D eigenvalue weighted by atomic mass is 10.1. The number of rotatable bonds is 4. The fourth-order valence-electron chi connectivity index (χ4n) is 3.68. The van der Waals surface area contributed by atoms with Crippen molar-refractivity contribution in [3.8, 4) is 0 Å². The average molecular weight is 378 g/mol. The van der Waals surface area contributed by atoms with Gasteiger partial charge in [0, 0.05) is 51.9 Å². The molecule has 1 aliphatic heterocycles. The van der Waals surface area contributed by atoms with E-state index in [0.717, 1.165) is 43.8 Å². The summed E-state index contributed by atoms with van der Waals surface area (Å²) in [6.07, 6.45) is 2.90. The number of amides is 2. The molecule has 4 rings (SSSR count).